The molecule has 1 aromatic rings. The highest BCUT2D eigenvalue weighted by molar-refractivity contribution is 5.18. The average Bonchev–Trinajstić information content (AvgIpc) is 2.72. The number of H-pyrrole nitrogens is 1. The summed E-state index contributed by atoms with van der Waals surface area (Å²) in [6.45, 7) is 3.96. The van der Waals surface area contributed by atoms with Gasteiger partial charge in [0, 0.05) is 18.0 Å². The molecule has 3 N–H and O–H groups in total. The van der Waals surface area contributed by atoms with Crippen LogP contribution in [0.1, 0.15) is 25.3 Å². The maximum atomic E-state index is 10.5. The van der Waals surface area contributed by atoms with Crippen LogP contribution in [0.5, 0.6) is 0 Å². The fraction of sp³-hybridized carbons (Fsp3) is 0.636. The smallest absolute Gasteiger partial charge is 0.0912 e. The molecule has 14 heavy (non-hydrogen) atoms. The normalized spacial score (nSPS) is 23.3. The fourth-order valence-corrected chi connectivity index (χ4v) is 2.26. The van der Waals surface area contributed by atoms with Crippen molar-refractivity contribution in [2.24, 2.45) is 5.92 Å². The molecule has 0 amide bonds. The predicted molar refractivity (Wildman–Crippen MR) is 56.0 cm³/mol. The minimum atomic E-state index is -0.678. The first kappa shape index (κ1) is 9.74. The highest BCUT2D eigenvalue weighted by Crippen LogP contribution is 2.34. The second kappa shape index (κ2) is 3.75. The van der Waals surface area contributed by atoms with Crippen molar-refractivity contribution in [2.75, 3.05) is 13.1 Å². The molecule has 0 spiro atoms. The molecule has 1 saturated heterocycles. The van der Waals surface area contributed by atoms with Crippen LogP contribution in [-0.4, -0.2) is 23.2 Å². The summed E-state index contributed by atoms with van der Waals surface area (Å²) < 4.78 is 0. The molecule has 0 radical (unpaired) electrons. The third-order valence-corrected chi connectivity index (χ3v) is 3.32. The summed E-state index contributed by atoms with van der Waals surface area (Å²) in [5.74, 6) is 0.375. The molecule has 0 saturated carbocycles. The molecule has 0 bridgehead atoms. The molecule has 78 valence electrons. The molecular formula is C11H18N2O. The number of hydrogen-bond donors (Lipinski definition) is 3. The van der Waals surface area contributed by atoms with Crippen LogP contribution in [0, 0.1) is 5.92 Å². The first-order valence-corrected chi connectivity index (χ1v) is 5.27. The summed E-state index contributed by atoms with van der Waals surface area (Å²) in [6.07, 6.45) is 5.86. The van der Waals surface area contributed by atoms with E-state index in [1.54, 1.807) is 0 Å². The van der Waals surface area contributed by atoms with E-state index in [2.05, 4.69) is 10.3 Å². The van der Waals surface area contributed by atoms with E-state index in [1.807, 2.05) is 25.4 Å². The number of aromatic nitrogens is 1. The van der Waals surface area contributed by atoms with Gasteiger partial charge in [-0.05, 0) is 44.8 Å². The van der Waals surface area contributed by atoms with Crippen molar-refractivity contribution in [3.63, 3.8) is 0 Å². The minimum absolute atomic E-state index is 0.375. The molecule has 1 aliphatic heterocycles. The molecule has 2 heterocycles. The van der Waals surface area contributed by atoms with Crippen molar-refractivity contribution in [3.05, 3.63) is 24.0 Å². The number of rotatable bonds is 2. The van der Waals surface area contributed by atoms with E-state index in [1.165, 1.54) is 0 Å². The van der Waals surface area contributed by atoms with Gasteiger partial charge in [-0.15, -0.1) is 0 Å². The van der Waals surface area contributed by atoms with Crippen molar-refractivity contribution in [3.8, 4) is 0 Å². The Balaban J connectivity index is 2.14. The van der Waals surface area contributed by atoms with Gasteiger partial charge in [0.2, 0.25) is 0 Å². The highest BCUT2D eigenvalue weighted by atomic mass is 16.3. The third kappa shape index (κ3) is 1.70. The molecule has 3 nitrogen and oxygen atoms in total. The summed E-state index contributed by atoms with van der Waals surface area (Å²) in [4.78, 5) is 3.00. The Morgan fingerprint density at radius 1 is 1.43 bits per heavy atom. The number of piperidine rings is 1. The molecule has 2 rings (SSSR count). The van der Waals surface area contributed by atoms with E-state index in [0.717, 1.165) is 31.5 Å². The molecule has 1 fully saturated rings. The Hall–Kier alpha value is -0.800. The van der Waals surface area contributed by atoms with E-state index in [-0.39, 0.29) is 0 Å². The lowest BCUT2D eigenvalue weighted by Gasteiger charge is -2.35. The minimum Gasteiger partial charge on any atom is -0.385 e. The van der Waals surface area contributed by atoms with Crippen LogP contribution in [0.4, 0.5) is 0 Å². The van der Waals surface area contributed by atoms with Gasteiger partial charge in [-0.3, -0.25) is 0 Å². The Bertz CT molecular complexity index is 273. The monoisotopic (exact) mass is 194 g/mol. The maximum absolute atomic E-state index is 10.5. The standard InChI is InChI=1S/C11H18N2O/c1-11(14,10-4-7-13-8-10)9-2-5-12-6-3-9/h4,7-9,12-14H,2-3,5-6H2,1H3. The Labute approximate surface area is 84.5 Å². The van der Waals surface area contributed by atoms with Gasteiger partial charge in [0.05, 0.1) is 5.60 Å². The zero-order chi connectivity index (χ0) is 10.0. The fourth-order valence-electron chi connectivity index (χ4n) is 2.26. The largest absolute Gasteiger partial charge is 0.385 e. The van der Waals surface area contributed by atoms with Crippen LogP contribution in [0.3, 0.4) is 0 Å². The Morgan fingerprint density at radius 2 is 2.14 bits per heavy atom. The van der Waals surface area contributed by atoms with Crippen molar-refractivity contribution < 1.29 is 5.11 Å². The Kier molecular flexibility index (Phi) is 2.61. The third-order valence-electron chi connectivity index (χ3n) is 3.32. The quantitative estimate of drug-likeness (QED) is 0.663. The summed E-state index contributed by atoms with van der Waals surface area (Å²) in [6, 6.07) is 1.96. The SMILES string of the molecule is CC(O)(c1cc[nH]c1)C1CCNCC1. The molecule has 0 aromatic carbocycles. The van der Waals surface area contributed by atoms with Crippen LogP contribution >= 0.6 is 0 Å². The van der Waals surface area contributed by atoms with Gasteiger partial charge in [0.25, 0.3) is 0 Å². The maximum Gasteiger partial charge on any atom is 0.0912 e. The van der Waals surface area contributed by atoms with E-state index in [4.69, 9.17) is 0 Å². The molecular weight excluding hydrogens is 176 g/mol. The summed E-state index contributed by atoms with van der Waals surface area (Å²) in [7, 11) is 0. The van der Waals surface area contributed by atoms with Gasteiger partial charge >= 0.3 is 0 Å². The molecule has 1 aromatic heterocycles. The van der Waals surface area contributed by atoms with Crippen LogP contribution in [0.2, 0.25) is 0 Å². The predicted octanol–water partition coefficient (Wildman–Crippen LogP) is 1.22. The molecule has 1 unspecified atom stereocenters. The van der Waals surface area contributed by atoms with E-state index in [9.17, 15) is 5.11 Å². The van der Waals surface area contributed by atoms with Gasteiger partial charge in [-0.2, -0.15) is 0 Å². The van der Waals surface area contributed by atoms with Gasteiger partial charge in [0.15, 0.2) is 0 Å². The van der Waals surface area contributed by atoms with Gasteiger partial charge in [-0.25, -0.2) is 0 Å². The number of aromatic amines is 1. The van der Waals surface area contributed by atoms with Crippen molar-refractivity contribution in [2.45, 2.75) is 25.4 Å². The lowest BCUT2D eigenvalue weighted by atomic mass is 9.79. The van der Waals surface area contributed by atoms with Gasteiger partial charge < -0.3 is 15.4 Å². The van der Waals surface area contributed by atoms with E-state index < -0.39 is 5.60 Å². The van der Waals surface area contributed by atoms with Crippen LogP contribution < -0.4 is 5.32 Å². The summed E-state index contributed by atoms with van der Waals surface area (Å²) in [5, 5.41) is 13.8. The molecule has 0 aliphatic carbocycles. The zero-order valence-electron chi connectivity index (χ0n) is 8.59. The van der Waals surface area contributed by atoms with Crippen molar-refractivity contribution in [1.82, 2.24) is 10.3 Å². The van der Waals surface area contributed by atoms with Gasteiger partial charge in [-0.1, -0.05) is 0 Å². The molecule has 1 aliphatic rings. The average molecular weight is 194 g/mol. The van der Waals surface area contributed by atoms with Crippen LogP contribution in [0.25, 0.3) is 0 Å². The summed E-state index contributed by atoms with van der Waals surface area (Å²) in [5.41, 5.74) is 0.326. The van der Waals surface area contributed by atoms with E-state index >= 15 is 0 Å². The van der Waals surface area contributed by atoms with Crippen LogP contribution in [0.15, 0.2) is 18.5 Å². The molecule has 3 heteroatoms. The van der Waals surface area contributed by atoms with Gasteiger partial charge in [0.1, 0.15) is 0 Å². The lowest BCUT2D eigenvalue weighted by Crippen LogP contribution is -2.39. The Morgan fingerprint density at radius 3 is 2.71 bits per heavy atom. The first-order valence-electron chi connectivity index (χ1n) is 5.27. The number of nitrogens with one attached hydrogen (secondary N) is 2. The second-order valence-electron chi connectivity index (χ2n) is 4.27. The lowest BCUT2D eigenvalue weighted by molar-refractivity contribution is -0.0185. The second-order valence-corrected chi connectivity index (χ2v) is 4.27. The molecule has 1 atom stereocenters. The number of hydrogen-bond acceptors (Lipinski definition) is 2. The van der Waals surface area contributed by atoms with Crippen molar-refractivity contribution in [1.29, 1.82) is 0 Å². The van der Waals surface area contributed by atoms with E-state index in [0.29, 0.717) is 5.92 Å². The highest BCUT2D eigenvalue weighted by Gasteiger charge is 2.34. The van der Waals surface area contributed by atoms with Crippen LogP contribution in [-0.2, 0) is 5.60 Å². The van der Waals surface area contributed by atoms with Crippen molar-refractivity contribution >= 4 is 0 Å². The topological polar surface area (TPSA) is 48.0 Å². The summed E-state index contributed by atoms with van der Waals surface area (Å²) >= 11 is 0. The first-order chi connectivity index (χ1) is 6.71. The zero-order valence-corrected chi connectivity index (χ0v) is 8.59. The number of aliphatic hydroxyl groups is 1.